The van der Waals surface area contributed by atoms with Gasteiger partial charge in [0.1, 0.15) is 0 Å². The maximum atomic E-state index is 5.70. The zero-order chi connectivity index (χ0) is 12.5. The Hall–Kier alpha value is -0.860. The zero-order valence-electron chi connectivity index (χ0n) is 11.3. The van der Waals surface area contributed by atoms with Crippen LogP contribution in [-0.2, 0) is 17.9 Å². The van der Waals surface area contributed by atoms with E-state index in [4.69, 9.17) is 4.74 Å². The fourth-order valence-electron chi connectivity index (χ4n) is 1.52. The SMILES string of the molecule is CCCNCc1ccc(COC(C)CC)cc1. The lowest BCUT2D eigenvalue weighted by atomic mass is 10.1. The van der Waals surface area contributed by atoms with Gasteiger partial charge in [-0.25, -0.2) is 0 Å². The van der Waals surface area contributed by atoms with Crippen LogP contribution in [0.1, 0.15) is 44.7 Å². The molecular formula is C15H25NO. The highest BCUT2D eigenvalue weighted by molar-refractivity contribution is 5.21. The third kappa shape index (κ3) is 5.85. The van der Waals surface area contributed by atoms with Crippen LogP contribution in [0.5, 0.6) is 0 Å². The summed E-state index contributed by atoms with van der Waals surface area (Å²) < 4.78 is 5.70. The number of benzene rings is 1. The summed E-state index contributed by atoms with van der Waals surface area (Å²) in [6.07, 6.45) is 2.60. The van der Waals surface area contributed by atoms with E-state index in [9.17, 15) is 0 Å². The summed E-state index contributed by atoms with van der Waals surface area (Å²) in [4.78, 5) is 0. The molecule has 0 aliphatic carbocycles. The van der Waals surface area contributed by atoms with E-state index in [1.54, 1.807) is 0 Å². The average Bonchev–Trinajstić information content (AvgIpc) is 2.37. The van der Waals surface area contributed by atoms with Crippen LogP contribution >= 0.6 is 0 Å². The summed E-state index contributed by atoms with van der Waals surface area (Å²) in [7, 11) is 0. The Morgan fingerprint density at radius 2 is 1.76 bits per heavy atom. The fourth-order valence-corrected chi connectivity index (χ4v) is 1.52. The molecule has 1 aromatic carbocycles. The van der Waals surface area contributed by atoms with Crippen molar-refractivity contribution in [3.63, 3.8) is 0 Å². The van der Waals surface area contributed by atoms with Gasteiger partial charge in [-0.3, -0.25) is 0 Å². The van der Waals surface area contributed by atoms with Crippen LogP contribution in [0.15, 0.2) is 24.3 Å². The van der Waals surface area contributed by atoms with Crippen LogP contribution in [0.25, 0.3) is 0 Å². The minimum atomic E-state index is 0.348. The van der Waals surface area contributed by atoms with Gasteiger partial charge in [-0.05, 0) is 37.4 Å². The lowest BCUT2D eigenvalue weighted by Gasteiger charge is -2.11. The Kier molecular flexibility index (Phi) is 6.90. The molecule has 1 atom stereocenters. The van der Waals surface area contributed by atoms with Crippen molar-refractivity contribution < 1.29 is 4.74 Å². The quantitative estimate of drug-likeness (QED) is 0.696. The molecule has 0 aromatic heterocycles. The van der Waals surface area contributed by atoms with Gasteiger partial charge in [0.2, 0.25) is 0 Å². The van der Waals surface area contributed by atoms with Gasteiger partial charge in [0.15, 0.2) is 0 Å². The van der Waals surface area contributed by atoms with Crippen molar-refractivity contribution in [2.45, 2.75) is 52.9 Å². The number of nitrogens with one attached hydrogen (secondary N) is 1. The summed E-state index contributed by atoms with van der Waals surface area (Å²) in [5, 5.41) is 3.40. The lowest BCUT2D eigenvalue weighted by molar-refractivity contribution is 0.0508. The summed E-state index contributed by atoms with van der Waals surface area (Å²) in [6.45, 7) is 9.20. The van der Waals surface area contributed by atoms with E-state index in [0.717, 1.165) is 26.1 Å². The Morgan fingerprint density at radius 3 is 2.35 bits per heavy atom. The van der Waals surface area contributed by atoms with E-state index in [2.05, 4.69) is 50.4 Å². The highest BCUT2D eigenvalue weighted by atomic mass is 16.5. The summed E-state index contributed by atoms with van der Waals surface area (Å²) in [5.41, 5.74) is 2.59. The summed E-state index contributed by atoms with van der Waals surface area (Å²) in [5.74, 6) is 0. The van der Waals surface area contributed by atoms with Crippen LogP contribution in [0, 0.1) is 0 Å². The molecule has 0 aliphatic rings. The highest BCUT2D eigenvalue weighted by Gasteiger charge is 1.99. The molecule has 17 heavy (non-hydrogen) atoms. The molecule has 1 aromatic rings. The monoisotopic (exact) mass is 235 g/mol. The average molecular weight is 235 g/mol. The molecule has 0 fully saturated rings. The Balaban J connectivity index is 2.34. The maximum Gasteiger partial charge on any atom is 0.0720 e. The predicted molar refractivity (Wildman–Crippen MR) is 73.0 cm³/mol. The molecule has 2 nitrogen and oxygen atoms in total. The predicted octanol–water partition coefficient (Wildman–Crippen LogP) is 3.50. The minimum absolute atomic E-state index is 0.348. The molecule has 1 rings (SSSR count). The summed E-state index contributed by atoms with van der Waals surface area (Å²) >= 11 is 0. The minimum Gasteiger partial charge on any atom is -0.374 e. The molecule has 0 radical (unpaired) electrons. The standard InChI is InChI=1S/C15H25NO/c1-4-10-16-11-14-6-8-15(9-7-14)12-17-13(3)5-2/h6-9,13,16H,4-5,10-12H2,1-3H3. The van der Waals surface area contributed by atoms with Crippen molar-refractivity contribution in [1.82, 2.24) is 5.32 Å². The van der Waals surface area contributed by atoms with Crippen LogP contribution in [0.3, 0.4) is 0 Å². The number of hydrogen-bond acceptors (Lipinski definition) is 2. The van der Waals surface area contributed by atoms with Crippen molar-refractivity contribution in [3.8, 4) is 0 Å². The van der Waals surface area contributed by atoms with E-state index in [1.165, 1.54) is 17.5 Å². The third-order valence-corrected chi connectivity index (χ3v) is 2.89. The fraction of sp³-hybridized carbons (Fsp3) is 0.600. The molecule has 0 saturated heterocycles. The van der Waals surface area contributed by atoms with Crippen LogP contribution in [0.2, 0.25) is 0 Å². The second-order valence-electron chi connectivity index (χ2n) is 4.52. The van der Waals surface area contributed by atoms with Gasteiger partial charge in [-0.2, -0.15) is 0 Å². The Bertz CT molecular complexity index is 294. The molecule has 0 spiro atoms. The second kappa shape index (κ2) is 8.26. The van der Waals surface area contributed by atoms with Crippen molar-refractivity contribution in [2.24, 2.45) is 0 Å². The van der Waals surface area contributed by atoms with Crippen LogP contribution < -0.4 is 5.32 Å². The van der Waals surface area contributed by atoms with Crippen molar-refractivity contribution in [3.05, 3.63) is 35.4 Å². The Labute approximate surface area is 105 Å². The molecule has 0 heterocycles. The lowest BCUT2D eigenvalue weighted by Crippen LogP contribution is -2.13. The smallest absolute Gasteiger partial charge is 0.0720 e. The molecule has 0 saturated carbocycles. The maximum absolute atomic E-state index is 5.70. The molecule has 2 heteroatoms. The van der Waals surface area contributed by atoms with Crippen molar-refractivity contribution in [1.29, 1.82) is 0 Å². The van der Waals surface area contributed by atoms with E-state index < -0.39 is 0 Å². The van der Waals surface area contributed by atoms with Gasteiger partial charge in [0.25, 0.3) is 0 Å². The van der Waals surface area contributed by atoms with Gasteiger partial charge in [-0.1, -0.05) is 38.1 Å². The first kappa shape index (κ1) is 14.2. The Morgan fingerprint density at radius 1 is 1.12 bits per heavy atom. The van der Waals surface area contributed by atoms with Crippen molar-refractivity contribution in [2.75, 3.05) is 6.54 Å². The summed E-state index contributed by atoms with van der Waals surface area (Å²) in [6, 6.07) is 8.67. The third-order valence-electron chi connectivity index (χ3n) is 2.89. The first-order valence-electron chi connectivity index (χ1n) is 6.66. The van der Waals surface area contributed by atoms with Crippen molar-refractivity contribution >= 4 is 0 Å². The van der Waals surface area contributed by atoms with E-state index in [-0.39, 0.29) is 0 Å². The van der Waals surface area contributed by atoms with Crippen LogP contribution in [-0.4, -0.2) is 12.6 Å². The van der Waals surface area contributed by atoms with E-state index in [0.29, 0.717) is 6.10 Å². The molecule has 1 N–H and O–H groups in total. The number of hydrogen-bond donors (Lipinski definition) is 1. The first-order chi connectivity index (χ1) is 8.26. The highest BCUT2D eigenvalue weighted by Crippen LogP contribution is 2.08. The second-order valence-corrected chi connectivity index (χ2v) is 4.52. The first-order valence-corrected chi connectivity index (χ1v) is 6.66. The van der Waals surface area contributed by atoms with E-state index >= 15 is 0 Å². The van der Waals surface area contributed by atoms with Gasteiger partial charge in [-0.15, -0.1) is 0 Å². The van der Waals surface area contributed by atoms with Gasteiger partial charge in [0, 0.05) is 6.54 Å². The molecule has 96 valence electrons. The number of ether oxygens (including phenoxy) is 1. The van der Waals surface area contributed by atoms with Gasteiger partial charge < -0.3 is 10.1 Å². The van der Waals surface area contributed by atoms with E-state index in [1.807, 2.05) is 0 Å². The zero-order valence-corrected chi connectivity index (χ0v) is 11.3. The normalized spacial score (nSPS) is 12.6. The molecular weight excluding hydrogens is 210 g/mol. The molecule has 0 bridgehead atoms. The molecule has 0 aliphatic heterocycles. The molecule has 0 amide bonds. The topological polar surface area (TPSA) is 21.3 Å². The van der Waals surface area contributed by atoms with Crippen LogP contribution in [0.4, 0.5) is 0 Å². The molecule has 1 unspecified atom stereocenters. The largest absolute Gasteiger partial charge is 0.374 e. The van der Waals surface area contributed by atoms with Gasteiger partial charge in [0.05, 0.1) is 12.7 Å². The van der Waals surface area contributed by atoms with Gasteiger partial charge >= 0.3 is 0 Å². The number of rotatable bonds is 8.